The van der Waals surface area contributed by atoms with Gasteiger partial charge in [0.05, 0.1) is 22.6 Å². The SMILES string of the molecule is CC(C)(C)OC(=O)N1CCN(c2nccc3sc(S(=O)(=O)Cc4ccc(C(F)(F)F)cc4)cc23)CC1.Cl.O=S(=O)(Cc1ccc(C(F)(F)F)cc1)c1cc2c(N3CCNCC3)nccc2s1. The number of hydrogen-bond donors (Lipinski definition) is 1. The van der Waals surface area contributed by atoms with Gasteiger partial charge in [-0.25, -0.2) is 31.6 Å². The summed E-state index contributed by atoms with van der Waals surface area (Å²) >= 11 is 2.26. The number of sulfone groups is 2. The number of aromatic nitrogens is 2. The molecule has 0 radical (unpaired) electrons. The Labute approximate surface area is 391 Å². The molecule has 6 heterocycles. The van der Waals surface area contributed by atoms with E-state index >= 15 is 0 Å². The van der Waals surface area contributed by atoms with Crippen molar-refractivity contribution in [3.8, 4) is 0 Å². The molecule has 66 heavy (non-hydrogen) atoms. The predicted molar refractivity (Wildman–Crippen MR) is 246 cm³/mol. The van der Waals surface area contributed by atoms with Crippen LogP contribution in [-0.2, 0) is 48.3 Å². The van der Waals surface area contributed by atoms with E-state index in [1.165, 1.54) is 24.3 Å². The number of carbonyl (C=O) groups is 1. The number of halogens is 7. The van der Waals surface area contributed by atoms with Crippen LogP contribution in [0.2, 0.25) is 0 Å². The van der Waals surface area contributed by atoms with Crippen molar-refractivity contribution in [2.24, 2.45) is 0 Å². The minimum absolute atomic E-state index is 0. The Morgan fingerprint density at radius 1 is 0.636 bits per heavy atom. The molecule has 4 aromatic heterocycles. The Balaban J connectivity index is 0.000000220. The van der Waals surface area contributed by atoms with Gasteiger partial charge in [0.2, 0.25) is 0 Å². The molecule has 6 aromatic rings. The fourth-order valence-electron chi connectivity index (χ4n) is 7.13. The minimum Gasteiger partial charge on any atom is -0.444 e. The number of fused-ring (bicyclic) bond motifs is 2. The number of rotatable bonds is 8. The second-order valence-electron chi connectivity index (χ2n) is 16.3. The summed E-state index contributed by atoms with van der Waals surface area (Å²) in [5, 5.41) is 4.73. The average molecular weight is 1020 g/mol. The summed E-state index contributed by atoms with van der Waals surface area (Å²) in [6.07, 6.45) is -6.02. The highest BCUT2D eigenvalue weighted by Gasteiger charge is 2.32. The van der Waals surface area contributed by atoms with Crippen molar-refractivity contribution in [2.45, 2.75) is 58.6 Å². The Kier molecular flexibility index (Phi) is 15.2. The lowest BCUT2D eigenvalue weighted by atomic mass is 10.1. The molecule has 356 valence electrons. The van der Waals surface area contributed by atoms with Gasteiger partial charge in [0.25, 0.3) is 0 Å². The first-order valence-electron chi connectivity index (χ1n) is 20.2. The molecule has 2 saturated heterocycles. The van der Waals surface area contributed by atoms with Crippen LogP contribution in [0.1, 0.15) is 43.0 Å². The molecule has 2 aromatic carbocycles. The van der Waals surface area contributed by atoms with E-state index in [-0.39, 0.29) is 38.2 Å². The van der Waals surface area contributed by atoms with E-state index in [2.05, 4.69) is 20.2 Å². The summed E-state index contributed by atoms with van der Waals surface area (Å²) < 4.78 is 136. The zero-order valence-corrected chi connectivity index (χ0v) is 39.7. The third-order valence-corrected chi connectivity index (χ3v) is 17.0. The Bertz CT molecular complexity index is 2870. The molecule has 2 fully saturated rings. The van der Waals surface area contributed by atoms with Crippen LogP contribution < -0.4 is 15.1 Å². The molecule has 1 N–H and O–H groups in total. The van der Waals surface area contributed by atoms with Gasteiger partial charge in [-0.05, 0) is 80.4 Å². The van der Waals surface area contributed by atoms with E-state index in [4.69, 9.17) is 4.74 Å². The number of ether oxygens (including phenoxy) is 1. The molecule has 0 spiro atoms. The zero-order valence-electron chi connectivity index (χ0n) is 35.6. The fraction of sp³-hybridized carbons (Fsp3) is 0.372. The number of anilines is 2. The molecule has 2 aliphatic rings. The number of nitrogens with one attached hydrogen (secondary N) is 1. The Morgan fingerprint density at radius 3 is 1.41 bits per heavy atom. The van der Waals surface area contributed by atoms with Gasteiger partial charge in [0.15, 0.2) is 19.7 Å². The van der Waals surface area contributed by atoms with Gasteiger partial charge in [0, 0.05) is 84.9 Å². The van der Waals surface area contributed by atoms with Crippen molar-refractivity contribution in [3.05, 3.63) is 107 Å². The molecule has 0 bridgehead atoms. The molecule has 1 amide bonds. The second kappa shape index (κ2) is 19.8. The summed E-state index contributed by atoms with van der Waals surface area (Å²) in [5.74, 6) is 0.628. The van der Waals surface area contributed by atoms with Crippen molar-refractivity contribution < 1.29 is 52.7 Å². The van der Waals surface area contributed by atoms with Crippen LogP contribution >= 0.6 is 35.1 Å². The Hall–Kier alpha value is -4.74. The number of amides is 1. The van der Waals surface area contributed by atoms with E-state index in [1.54, 1.807) is 41.6 Å². The van der Waals surface area contributed by atoms with E-state index < -0.39 is 54.5 Å². The number of hydrogen-bond acceptors (Lipinski definition) is 13. The van der Waals surface area contributed by atoms with Gasteiger partial charge < -0.3 is 24.8 Å². The van der Waals surface area contributed by atoms with Gasteiger partial charge in [0.1, 0.15) is 25.7 Å². The number of benzene rings is 2. The first-order valence-corrected chi connectivity index (χ1v) is 25.1. The number of thiophene rings is 2. The van der Waals surface area contributed by atoms with Crippen molar-refractivity contribution in [2.75, 3.05) is 62.2 Å². The summed E-state index contributed by atoms with van der Waals surface area (Å²) in [7, 11) is -7.48. The fourth-order valence-corrected chi connectivity index (χ4v) is 12.7. The van der Waals surface area contributed by atoms with E-state index in [9.17, 15) is 48.0 Å². The van der Waals surface area contributed by atoms with Crippen LogP contribution in [0.25, 0.3) is 20.2 Å². The summed E-state index contributed by atoms with van der Waals surface area (Å²) in [5.41, 5.74) is -1.62. The summed E-state index contributed by atoms with van der Waals surface area (Å²) in [6.45, 7) is 10.6. The first-order chi connectivity index (χ1) is 30.5. The molecule has 0 atom stereocenters. The van der Waals surface area contributed by atoms with Crippen LogP contribution in [0.4, 0.5) is 42.8 Å². The molecule has 12 nitrogen and oxygen atoms in total. The van der Waals surface area contributed by atoms with Gasteiger partial charge in [-0.1, -0.05) is 24.3 Å². The number of pyridine rings is 2. The van der Waals surface area contributed by atoms with Gasteiger partial charge in [-0.15, -0.1) is 35.1 Å². The van der Waals surface area contributed by atoms with Crippen molar-refractivity contribution in [1.82, 2.24) is 20.2 Å². The van der Waals surface area contributed by atoms with Crippen molar-refractivity contribution >= 4 is 92.7 Å². The lowest BCUT2D eigenvalue weighted by Gasteiger charge is -2.36. The zero-order chi connectivity index (χ0) is 47.0. The molecule has 23 heteroatoms. The lowest BCUT2D eigenvalue weighted by molar-refractivity contribution is -0.138. The minimum atomic E-state index is -4.48. The Morgan fingerprint density at radius 2 is 1.03 bits per heavy atom. The number of carbonyl (C=O) groups excluding carboxylic acids is 1. The van der Waals surface area contributed by atoms with Crippen molar-refractivity contribution in [1.29, 1.82) is 0 Å². The van der Waals surface area contributed by atoms with Crippen LogP contribution in [0.5, 0.6) is 0 Å². The number of alkyl halides is 6. The molecule has 8 rings (SSSR count). The highest BCUT2D eigenvalue weighted by atomic mass is 35.5. The molecular formula is C43H45ClF6N6O6S4. The van der Waals surface area contributed by atoms with E-state index in [0.717, 1.165) is 93.7 Å². The third-order valence-electron chi connectivity index (χ3n) is 10.3. The average Bonchev–Trinajstić information content (AvgIpc) is 3.90. The molecule has 0 aliphatic carbocycles. The smallest absolute Gasteiger partial charge is 0.416 e. The molecule has 0 unspecified atom stereocenters. The predicted octanol–water partition coefficient (Wildman–Crippen LogP) is 9.47. The monoisotopic (exact) mass is 1020 g/mol. The van der Waals surface area contributed by atoms with Gasteiger partial charge in [-0.3, -0.25) is 0 Å². The summed E-state index contributed by atoms with van der Waals surface area (Å²) in [4.78, 5) is 27.0. The largest absolute Gasteiger partial charge is 0.444 e. The van der Waals surface area contributed by atoms with Gasteiger partial charge in [-0.2, -0.15) is 26.3 Å². The lowest BCUT2D eigenvalue weighted by Crippen LogP contribution is -2.50. The van der Waals surface area contributed by atoms with Crippen LogP contribution in [0.3, 0.4) is 0 Å². The standard InChI is InChI=1S/C24H26F3N3O4S2.C19H18F3N3O2S2.ClH/c1-23(2,3)34-22(31)30-12-10-29(11-13-30)21-18-14-20(35-19(18)8-9-28-21)36(32,33)15-16-4-6-17(7-5-16)24(25,26)27;20-19(21,22)14-3-1-13(2-4-14)12-29(26,27)17-11-15-16(28-17)5-6-24-18(15)25-9-7-23-8-10-25;/h4-9,14H,10-13,15H2,1-3H3;1-6,11,23H,7-10,12H2;1H. The van der Waals surface area contributed by atoms with Crippen LogP contribution in [0.15, 0.2) is 93.6 Å². The topological polar surface area (TPSA) is 142 Å². The maximum absolute atomic E-state index is 13.1. The maximum atomic E-state index is 13.1. The van der Waals surface area contributed by atoms with E-state index in [1.807, 2.05) is 25.7 Å². The first kappa shape index (κ1) is 50.7. The molecule has 2 aliphatic heterocycles. The normalized spacial score (nSPS) is 15.3. The maximum Gasteiger partial charge on any atom is 0.416 e. The quantitative estimate of drug-likeness (QED) is 0.146. The number of piperazine rings is 2. The molecular weight excluding hydrogens is 974 g/mol. The summed E-state index contributed by atoms with van der Waals surface area (Å²) in [6, 6.07) is 15.1. The highest BCUT2D eigenvalue weighted by molar-refractivity contribution is 7.93. The van der Waals surface area contributed by atoms with Gasteiger partial charge >= 0.3 is 18.4 Å². The number of nitrogens with zero attached hydrogens (tertiary/aromatic N) is 5. The second-order valence-corrected chi connectivity index (χ2v) is 22.9. The molecule has 0 saturated carbocycles. The van der Waals surface area contributed by atoms with Crippen LogP contribution in [0, 0.1) is 0 Å². The van der Waals surface area contributed by atoms with E-state index in [0.29, 0.717) is 42.9 Å². The van der Waals surface area contributed by atoms with Crippen LogP contribution in [-0.4, -0.2) is 95.8 Å². The third kappa shape index (κ3) is 12.2. The highest BCUT2D eigenvalue weighted by Crippen LogP contribution is 2.38. The van der Waals surface area contributed by atoms with Crippen molar-refractivity contribution in [3.63, 3.8) is 0 Å².